The highest BCUT2D eigenvalue weighted by Gasteiger charge is 2.50. The summed E-state index contributed by atoms with van der Waals surface area (Å²) in [5, 5.41) is 0. The van der Waals surface area contributed by atoms with Gasteiger partial charge in [-0.3, -0.25) is 0 Å². The van der Waals surface area contributed by atoms with Gasteiger partial charge in [-0.2, -0.15) is 0 Å². The SMILES string of the molecule is CC1(C)OB(/C=C/Cc2c3nc(c(-c4ccccc4)c4ccc([nH]4)c(-c4ccccc4)c4nc(c(-c5ccccc5)c5ccc2[nH]5)C=C4)C=C3)OC1(C)C. The van der Waals surface area contributed by atoms with Crippen LogP contribution in [0.2, 0.25) is 0 Å². The van der Waals surface area contributed by atoms with Crippen LogP contribution in [0.25, 0.3) is 79.8 Å². The molecule has 0 radical (unpaired) electrons. The largest absolute Gasteiger partial charge is 0.486 e. The molecule has 264 valence electrons. The van der Waals surface area contributed by atoms with Crippen molar-refractivity contribution in [2.24, 2.45) is 0 Å². The first-order chi connectivity index (χ1) is 26.2. The number of nitrogens with one attached hydrogen (secondary N) is 2. The fraction of sp³-hybridized carbons (Fsp3) is 0.149. The molecule has 0 unspecified atom stereocenters. The van der Waals surface area contributed by atoms with Gasteiger partial charge in [0.05, 0.1) is 34.0 Å². The standard InChI is InChI=1S/C47H41BN4O2/c1-46(2)47(3,4)54-48(53-46)30-14-21-34-35-22-24-37(49-35)43(31-15-8-5-9-16-31)39-26-28-41(51-39)45(33-19-12-7-13-20-33)42-29-27-40(52-42)44(32-17-10-6-11-18-32)38-25-23-36(34)50-38/h5-20,22-30,49,52H,21H2,1-4H3/b30-14+,35-34?,36-34?,43-37?,43-39?,44-38?,44-40?,45-41?,45-42?. The molecule has 0 atom stereocenters. The van der Waals surface area contributed by atoms with Crippen LogP contribution in [0, 0.1) is 0 Å². The summed E-state index contributed by atoms with van der Waals surface area (Å²) in [5.74, 6) is 2.02. The fourth-order valence-corrected chi connectivity index (χ4v) is 7.47. The summed E-state index contributed by atoms with van der Waals surface area (Å²) < 4.78 is 12.6. The molecule has 0 saturated carbocycles. The van der Waals surface area contributed by atoms with Crippen LogP contribution in [0.3, 0.4) is 0 Å². The molecular weight excluding hydrogens is 663 g/mol. The van der Waals surface area contributed by atoms with Crippen LogP contribution in [-0.2, 0) is 15.7 Å². The van der Waals surface area contributed by atoms with E-state index in [1.807, 2.05) is 24.2 Å². The first-order valence-electron chi connectivity index (χ1n) is 18.6. The molecule has 1 saturated heterocycles. The third-order valence-corrected chi connectivity index (χ3v) is 10.9. The van der Waals surface area contributed by atoms with E-state index in [0.29, 0.717) is 6.42 Å². The molecule has 54 heavy (non-hydrogen) atoms. The van der Waals surface area contributed by atoms with Crippen molar-refractivity contribution in [3.63, 3.8) is 0 Å². The Hall–Kier alpha value is -6.02. The van der Waals surface area contributed by atoms with Gasteiger partial charge in [0.25, 0.3) is 0 Å². The van der Waals surface area contributed by atoms with E-state index in [4.69, 9.17) is 19.3 Å². The van der Waals surface area contributed by atoms with Crippen molar-refractivity contribution >= 4 is 53.5 Å². The second-order valence-electron chi connectivity index (χ2n) is 15.0. The van der Waals surface area contributed by atoms with Crippen molar-refractivity contribution in [1.82, 2.24) is 19.9 Å². The van der Waals surface area contributed by atoms with Gasteiger partial charge in [0.2, 0.25) is 0 Å². The smallest absolute Gasteiger partial charge is 0.400 e. The molecule has 3 aliphatic rings. The molecule has 1 fully saturated rings. The topological polar surface area (TPSA) is 75.8 Å². The Labute approximate surface area is 316 Å². The Morgan fingerprint density at radius 1 is 0.500 bits per heavy atom. The van der Waals surface area contributed by atoms with Gasteiger partial charge < -0.3 is 19.3 Å². The number of aromatic amines is 2. The van der Waals surface area contributed by atoms with E-state index >= 15 is 0 Å². The van der Waals surface area contributed by atoms with E-state index in [1.54, 1.807) is 0 Å². The highest BCUT2D eigenvalue weighted by atomic mass is 16.7. The summed E-state index contributed by atoms with van der Waals surface area (Å²) in [6, 6.07) is 40.1. The predicted molar refractivity (Wildman–Crippen MR) is 224 cm³/mol. The lowest BCUT2D eigenvalue weighted by atomic mass is 9.89. The minimum atomic E-state index is -0.433. The number of hydrogen-bond donors (Lipinski definition) is 2. The summed E-state index contributed by atoms with van der Waals surface area (Å²) in [6.45, 7) is 8.31. The molecule has 2 N–H and O–H groups in total. The Bertz CT molecular complexity index is 2580. The number of allylic oxidation sites excluding steroid dienone is 1. The van der Waals surface area contributed by atoms with E-state index in [-0.39, 0.29) is 0 Å². The average Bonchev–Trinajstić information content (AvgIpc) is 4.03. The van der Waals surface area contributed by atoms with Gasteiger partial charge in [0.15, 0.2) is 0 Å². The van der Waals surface area contributed by atoms with E-state index in [2.05, 4.69) is 165 Å². The van der Waals surface area contributed by atoms with Crippen LogP contribution >= 0.6 is 0 Å². The lowest BCUT2D eigenvalue weighted by molar-refractivity contribution is 0.00578. The number of nitrogens with zero attached hydrogens (tertiary/aromatic N) is 2. The molecule has 3 aromatic heterocycles. The third kappa shape index (κ3) is 6.15. The Morgan fingerprint density at radius 2 is 0.870 bits per heavy atom. The number of aromatic nitrogens is 4. The molecule has 6 nitrogen and oxygen atoms in total. The summed E-state index contributed by atoms with van der Waals surface area (Å²) in [6.07, 6.45) is 11.3. The van der Waals surface area contributed by atoms with Gasteiger partial charge in [0, 0.05) is 44.3 Å². The predicted octanol–water partition coefficient (Wildman–Crippen LogP) is 11.4. The van der Waals surface area contributed by atoms with Crippen LogP contribution in [0.5, 0.6) is 0 Å². The van der Waals surface area contributed by atoms with Crippen molar-refractivity contribution in [3.8, 4) is 33.4 Å². The van der Waals surface area contributed by atoms with E-state index in [9.17, 15) is 0 Å². The normalized spacial score (nSPS) is 15.7. The molecule has 9 rings (SSSR count). The van der Waals surface area contributed by atoms with Gasteiger partial charge in [-0.25, -0.2) is 9.97 Å². The second kappa shape index (κ2) is 13.4. The van der Waals surface area contributed by atoms with Crippen molar-refractivity contribution in [2.45, 2.75) is 45.3 Å². The molecule has 3 aliphatic heterocycles. The summed E-state index contributed by atoms with van der Waals surface area (Å²) in [4.78, 5) is 18.4. The van der Waals surface area contributed by atoms with Gasteiger partial charge in [-0.15, -0.1) is 0 Å². The Kier molecular flexibility index (Phi) is 8.41. The maximum absolute atomic E-state index is 6.30. The molecule has 0 spiro atoms. The van der Waals surface area contributed by atoms with E-state index in [0.717, 1.165) is 83.8 Å². The Morgan fingerprint density at radius 3 is 1.31 bits per heavy atom. The third-order valence-electron chi connectivity index (χ3n) is 10.9. The summed E-state index contributed by atoms with van der Waals surface area (Å²) in [7, 11) is -0.433. The van der Waals surface area contributed by atoms with Crippen molar-refractivity contribution in [1.29, 1.82) is 0 Å². The maximum atomic E-state index is 6.30. The van der Waals surface area contributed by atoms with Crippen LogP contribution in [0.1, 0.15) is 56.0 Å². The van der Waals surface area contributed by atoms with Gasteiger partial charge in [-0.1, -0.05) is 103 Å². The number of hydrogen-bond acceptors (Lipinski definition) is 4. The molecular formula is C47H41BN4O2. The summed E-state index contributed by atoms with van der Waals surface area (Å²) >= 11 is 0. The van der Waals surface area contributed by atoms with Gasteiger partial charge in [-0.05, 0) is 99.4 Å². The number of benzene rings is 3. The van der Waals surface area contributed by atoms with E-state index in [1.165, 1.54) is 0 Å². The van der Waals surface area contributed by atoms with Crippen molar-refractivity contribution < 1.29 is 9.31 Å². The zero-order valence-corrected chi connectivity index (χ0v) is 30.9. The monoisotopic (exact) mass is 704 g/mol. The number of H-pyrrole nitrogens is 2. The average molecular weight is 705 g/mol. The lowest BCUT2D eigenvalue weighted by Gasteiger charge is -2.32. The number of rotatable bonds is 6. The lowest BCUT2D eigenvalue weighted by Crippen LogP contribution is -2.41. The van der Waals surface area contributed by atoms with Gasteiger partial charge >= 0.3 is 7.12 Å². The van der Waals surface area contributed by atoms with Crippen LogP contribution in [0.15, 0.2) is 127 Å². The Balaban J connectivity index is 1.34. The molecule has 0 amide bonds. The van der Waals surface area contributed by atoms with Crippen LogP contribution in [-0.4, -0.2) is 38.3 Å². The fourth-order valence-electron chi connectivity index (χ4n) is 7.47. The van der Waals surface area contributed by atoms with Gasteiger partial charge in [0.1, 0.15) is 0 Å². The first-order valence-corrected chi connectivity index (χ1v) is 18.6. The van der Waals surface area contributed by atoms with E-state index < -0.39 is 18.3 Å². The molecule has 0 aliphatic carbocycles. The molecule has 7 heteroatoms. The zero-order valence-electron chi connectivity index (χ0n) is 30.9. The maximum Gasteiger partial charge on any atom is 0.486 e. The minimum Gasteiger partial charge on any atom is -0.400 e. The highest BCUT2D eigenvalue weighted by Crippen LogP contribution is 2.38. The summed E-state index contributed by atoms with van der Waals surface area (Å²) in [5.41, 5.74) is 14.1. The molecule has 6 heterocycles. The minimum absolute atomic E-state index is 0.410. The first kappa shape index (κ1) is 33.8. The second-order valence-corrected chi connectivity index (χ2v) is 15.0. The molecule has 3 aromatic carbocycles. The highest BCUT2D eigenvalue weighted by molar-refractivity contribution is 6.51. The number of fused-ring (bicyclic) bond motifs is 8. The quantitative estimate of drug-likeness (QED) is 0.169. The molecule has 6 aromatic rings. The van der Waals surface area contributed by atoms with Crippen molar-refractivity contribution in [2.75, 3.05) is 0 Å². The van der Waals surface area contributed by atoms with Crippen LogP contribution in [0.4, 0.5) is 0 Å². The van der Waals surface area contributed by atoms with Crippen LogP contribution < -0.4 is 0 Å². The van der Waals surface area contributed by atoms with Crippen molar-refractivity contribution in [3.05, 3.63) is 156 Å². The molecule has 8 bridgehead atoms. The zero-order chi connectivity index (χ0) is 36.9.